The van der Waals surface area contributed by atoms with Crippen molar-refractivity contribution in [3.8, 4) is 0 Å². The van der Waals surface area contributed by atoms with Crippen molar-refractivity contribution in [2.45, 2.75) is 0 Å². The number of hydrogen-bond acceptors (Lipinski definition) is 3. The van der Waals surface area contributed by atoms with Gasteiger partial charge in [0.1, 0.15) is 11.3 Å². The van der Waals surface area contributed by atoms with E-state index in [0.717, 1.165) is 11.2 Å². The number of carbonyl (C=O) groups is 1. The fourth-order valence-electron chi connectivity index (χ4n) is 1.81. The summed E-state index contributed by atoms with van der Waals surface area (Å²) < 4.78 is 1.79. The Morgan fingerprint density at radius 1 is 1.15 bits per heavy atom. The Labute approximate surface area is 115 Å². The van der Waals surface area contributed by atoms with Gasteiger partial charge in [0.05, 0.1) is 6.21 Å². The first-order valence-electron chi connectivity index (χ1n) is 6.15. The van der Waals surface area contributed by atoms with Crippen LogP contribution in [0.1, 0.15) is 16.1 Å². The number of carbonyl (C=O) groups excluding carboxylic acids is 1. The van der Waals surface area contributed by atoms with Crippen LogP contribution in [-0.4, -0.2) is 21.5 Å². The van der Waals surface area contributed by atoms with Crippen molar-refractivity contribution in [3.63, 3.8) is 0 Å². The normalized spacial score (nSPS) is 11.0. The van der Waals surface area contributed by atoms with Gasteiger partial charge in [0.2, 0.25) is 0 Å². The van der Waals surface area contributed by atoms with Crippen LogP contribution >= 0.6 is 0 Å². The third-order valence-electron chi connectivity index (χ3n) is 2.78. The van der Waals surface area contributed by atoms with Crippen molar-refractivity contribution >= 4 is 17.8 Å². The molecule has 0 aliphatic heterocycles. The maximum Gasteiger partial charge on any atom is 0.291 e. The van der Waals surface area contributed by atoms with E-state index in [9.17, 15) is 4.79 Å². The molecule has 2 aromatic heterocycles. The number of hydrazone groups is 1. The molecule has 98 valence electrons. The number of nitrogens with one attached hydrogen (secondary N) is 1. The number of rotatable bonds is 3. The van der Waals surface area contributed by atoms with Gasteiger partial charge in [-0.15, -0.1) is 0 Å². The number of pyridine rings is 1. The standard InChI is InChI=1S/C15H12N4O/c20-15(18-16-10-12-6-2-1-3-7-12)13-11-19-9-5-4-8-14(19)17-13/h1-11H,(H,18,20). The summed E-state index contributed by atoms with van der Waals surface area (Å²) >= 11 is 0. The predicted molar refractivity (Wildman–Crippen MR) is 76.7 cm³/mol. The molecule has 5 nitrogen and oxygen atoms in total. The van der Waals surface area contributed by atoms with E-state index in [1.54, 1.807) is 16.8 Å². The molecule has 1 amide bonds. The first-order valence-corrected chi connectivity index (χ1v) is 6.15. The average molecular weight is 264 g/mol. The minimum Gasteiger partial charge on any atom is -0.306 e. The van der Waals surface area contributed by atoms with E-state index < -0.39 is 0 Å². The number of hydrogen-bond donors (Lipinski definition) is 1. The van der Waals surface area contributed by atoms with E-state index in [0.29, 0.717) is 5.69 Å². The van der Waals surface area contributed by atoms with Crippen molar-refractivity contribution in [2.75, 3.05) is 0 Å². The molecule has 0 bridgehead atoms. The van der Waals surface area contributed by atoms with Crippen LogP contribution in [0.5, 0.6) is 0 Å². The van der Waals surface area contributed by atoms with Crippen molar-refractivity contribution in [1.82, 2.24) is 14.8 Å². The van der Waals surface area contributed by atoms with Crippen LogP contribution in [-0.2, 0) is 0 Å². The molecule has 0 unspecified atom stereocenters. The molecule has 1 aromatic carbocycles. The highest BCUT2D eigenvalue weighted by atomic mass is 16.2. The van der Waals surface area contributed by atoms with Crippen LogP contribution in [0.15, 0.2) is 66.0 Å². The van der Waals surface area contributed by atoms with Gasteiger partial charge < -0.3 is 4.40 Å². The second-order valence-corrected chi connectivity index (χ2v) is 4.20. The molecular weight excluding hydrogens is 252 g/mol. The summed E-state index contributed by atoms with van der Waals surface area (Å²) in [4.78, 5) is 16.1. The third-order valence-corrected chi connectivity index (χ3v) is 2.78. The highest BCUT2D eigenvalue weighted by Gasteiger charge is 2.08. The van der Waals surface area contributed by atoms with Crippen molar-refractivity contribution in [1.29, 1.82) is 0 Å². The maximum absolute atomic E-state index is 11.9. The van der Waals surface area contributed by atoms with E-state index in [1.807, 2.05) is 54.7 Å². The van der Waals surface area contributed by atoms with Crippen LogP contribution in [0, 0.1) is 0 Å². The molecule has 0 spiro atoms. The summed E-state index contributed by atoms with van der Waals surface area (Å²) in [6.07, 6.45) is 5.10. The molecule has 0 aliphatic rings. The summed E-state index contributed by atoms with van der Waals surface area (Å²) in [5, 5.41) is 3.91. The van der Waals surface area contributed by atoms with Crippen molar-refractivity contribution in [2.24, 2.45) is 5.10 Å². The van der Waals surface area contributed by atoms with E-state index in [-0.39, 0.29) is 5.91 Å². The summed E-state index contributed by atoms with van der Waals surface area (Å²) in [5.74, 6) is -0.333. The monoisotopic (exact) mass is 264 g/mol. The molecule has 0 atom stereocenters. The second-order valence-electron chi connectivity index (χ2n) is 4.20. The Hall–Kier alpha value is -2.95. The molecule has 0 saturated heterocycles. The van der Waals surface area contributed by atoms with Crippen LogP contribution < -0.4 is 5.43 Å². The SMILES string of the molecule is O=C(NN=Cc1ccccc1)c1cn2ccccc2n1. The molecule has 3 rings (SSSR count). The summed E-state index contributed by atoms with van der Waals surface area (Å²) in [6, 6.07) is 15.1. The predicted octanol–water partition coefficient (Wildman–Crippen LogP) is 2.10. The average Bonchev–Trinajstić information content (AvgIpc) is 2.92. The fraction of sp³-hybridized carbons (Fsp3) is 0. The summed E-state index contributed by atoms with van der Waals surface area (Å²) in [5.41, 5.74) is 4.44. The zero-order valence-electron chi connectivity index (χ0n) is 10.6. The maximum atomic E-state index is 11.9. The molecule has 2 heterocycles. The summed E-state index contributed by atoms with van der Waals surface area (Å²) in [6.45, 7) is 0. The number of fused-ring (bicyclic) bond motifs is 1. The van der Waals surface area contributed by atoms with E-state index >= 15 is 0 Å². The van der Waals surface area contributed by atoms with E-state index in [1.165, 1.54) is 0 Å². The Bertz CT molecular complexity index is 729. The highest BCUT2D eigenvalue weighted by Crippen LogP contribution is 2.04. The van der Waals surface area contributed by atoms with Crippen LogP contribution in [0.25, 0.3) is 5.65 Å². The lowest BCUT2D eigenvalue weighted by Crippen LogP contribution is -2.17. The number of benzene rings is 1. The van der Waals surface area contributed by atoms with E-state index in [2.05, 4.69) is 15.5 Å². The number of nitrogens with zero attached hydrogens (tertiary/aromatic N) is 3. The molecule has 0 radical (unpaired) electrons. The van der Waals surface area contributed by atoms with Gasteiger partial charge in [-0.3, -0.25) is 4.79 Å². The Morgan fingerprint density at radius 3 is 2.75 bits per heavy atom. The molecule has 20 heavy (non-hydrogen) atoms. The highest BCUT2D eigenvalue weighted by molar-refractivity contribution is 5.93. The Morgan fingerprint density at radius 2 is 1.95 bits per heavy atom. The number of amides is 1. The zero-order valence-corrected chi connectivity index (χ0v) is 10.6. The van der Waals surface area contributed by atoms with Crippen LogP contribution in [0.4, 0.5) is 0 Å². The lowest BCUT2D eigenvalue weighted by Gasteiger charge is -1.94. The summed E-state index contributed by atoms with van der Waals surface area (Å²) in [7, 11) is 0. The first-order chi connectivity index (χ1) is 9.83. The molecule has 0 fully saturated rings. The number of imidazole rings is 1. The van der Waals surface area contributed by atoms with Crippen LogP contribution in [0.3, 0.4) is 0 Å². The molecule has 1 N–H and O–H groups in total. The lowest BCUT2D eigenvalue weighted by atomic mass is 10.2. The first kappa shape index (κ1) is 12.1. The quantitative estimate of drug-likeness (QED) is 0.581. The van der Waals surface area contributed by atoms with Crippen LogP contribution in [0.2, 0.25) is 0 Å². The van der Waals surface area contributed by atoms with Gasteiger partial charge in [-0.1, -0.05) is 36.4 Å². The van der Waals surface area contributed by atoms with Gasteiger partial charge >= 0.3 is 0 Å². The molecule has 3 aromatic rings. The van der Waals surface area contributed by atoms with Gasteiger partial charge in [-0.25, -0.2) is 10.4 Å². The second kappa shape index (κ2) is 5.36. The molecule has 0 aliphatic carbocycles. The smallest absolute Gasteiger partial charge is 0.291 e. The molecule has 0 saturated carbocycles. The van der Waals surface area contributed by atoms with Gasteiger partial charge in [0, 0.05) is 12.4 Å². The lowest BCUT2D eigenvalue weighted by molar-refractivity contribution is 0.0951. The van der Waals surface area contributed by atoms with Gasteiger partial charge in [-0.2, -0.15) is 5.10 Å². The van der Waals surface area contributed by atoms with Crippen molar-refractivity contribution < 1.29 is 4.79 Å². The molecular formula is C15H12N4O. The van der Waals surface area contributed by atoms with Crippen molar-refractivity contribution in [3.05, 3.63) is 72.2 Å². The Balaban J connectivity index is 1.71. The third kappa shape index (κ3) is 2.56. The zero-order chi connectivity index (χ0) is 13.8. The van der Waals surface area contributed by atoms with Gasteiger partial charge in [0.15, 0.2) is 0 Å². The Kier molecular flexibility index (Phi) is 3.24. The minimum absolute atomic E-state index is 0.333. The van der Waals surface area contributed by atoms with E-state index in [4.69, 9.17) is 0 Å². The fourth-order valence-corrected chi connectivity index (χ4v) is 1.81. The minimum atomic E-state index is -0.333. The van der Waals surface area contributed by atoms with Gasteiger partial charge in [0.25, 0.3) is 5.91 Å². The van der Waals surface area contributed by atoms with Gasteiger partial charge in [-0.05, 0) is 17.7 Å². The molecule has 5 heteroatoms. The topological polar surface area (TPSA) is 58.8 Å². The largest absolute Gasteiger partial charge is 0.306 e. The number of aromatic nitrogens is 2.